The maximum absolute atomic E-state index is 12.6. The van der Waals surface area contributed by atoms with Crippen molar-refractivity contribution in [3.8, 4) is 0 Å². The molecule has 0 aromatic heterocycles. The van der Waals surface area contributed by atoms with Crippen molar-refractivity contribution in [1.29, 1.82) is 0 Å². The molecule has 158 valence electrons. The molecule has 28 heavy (non-hydrogen) atoms. The van der Waals surface area contributed by atoms with Crippen molar-refractivity contribution >= 4 is 11.8 Å². The molecule has 0 unspecified atom stereocenters. The zero-order valence-corrected chi connectivity index (χ0v) is 17.1. The van der Waals surface area contributed by atoms with Crippen LogP contribution in [-0.2, 0) is 14.3 Å². The average Bonchev–Trinajstić information content (AvgIpc) is 2.92. The number of Topliss-reactive ketones (excluding diaryl/α,β-unsaturated/α-hetero) is 1. The van der Waals surface area contributed by atoms with Crippen LogP contribution in [-0.4, -0.2) is 51.5 Å². The van der Waals surface area contributed by atoms with Crippen molar-refractivity contribution in [1.82, 2.24) is 0 Å². The SMILES string of the molecule is CCOC(=O)[C@H]1CC[C@@]2(O)[C@@H]3CC[C@]4(O)CC(=O)CC[C@]4(CO)[C@H]3CC[C@]12C. The first-order valence-corrected chi connectivity index (χ1v) is 10.9. The molecule has 4 fully saturated rings. The Balaban J connectivity index is 1.70. The molecular weight excluding hydrogens is 360 g/mol. The Morgan fingerprint density at radius 2 is 1.82 bits per heavy atom. The molecule has 0 bridgehead atoms. The summed E-state index contributed by atoms with van der Waals surface area (Å²) in [6.07, 6.45) is 4.59. The van der Waals surface area contributed by atoms with Gasteiger partial charge in [-0.05, 0) is 63.7 Å². The van der Waals surface area contributed by atoms with Crippen LogP contribution >= 0.6 is 0 Å². The van der Waals surface area contributed by atoms with Crippen molar-refractivity contribution in [3.05, 3.63) is 0 Å². The summed E-state index contributed by atoms with van der Waals surface area (Å²) in [5, 5.41) is 33.8. The second-order valence-electron chi connectivity index (χ2n) is 10.0. The molecule has 4 rings (SSSR count). The lowest BCUT2D eigenvalue weighted by Crippen LogP contribution is -2.69. The van der Waals surface area contributed by atoms with Gasteiger partial charge in [-0.25, -0.2) is 0 Å². The summed E-state index contributed by atoms with van der Waals surface area (Å²) in [6.45, 7) is 4.00. The van der Waals surface area contributed by atoms with Gasteiger partial charge in [-0.2, -0.15) is 0 Å². The number of hydrogen-bond donors (Lipinski definition) is 3. The van der Waals surface area contributed by atoms with E-state index in [-0.39, 0.29) is 42.5 Å². The number of hydrogen-bond acceptors (Lipinski definition) is 6. The van der Waals surface area contributed by atoms with Gasteiger partial charge in [0.05, 0.1) is 30.3 Å². The third-order valence-corrected chi connectivity index (χ3v) is 9.34. The maximum Gasteiger partial charge on any atom is 0.309 e. The van der Waals surface area contributed by atoms with E-state index in [9.17, 15) is 24.9 Å². The highest BCUT2D eigenvalue weighted by molar-refractivity contribution is 5.81. The molecule has 0 amide bonds. The molecule has 6 nitrogen and oxygen atoms in total. The quantitative estimate of drug-likeness (QED) is 0.633. The van der Waals surface area contributed by atoms with Crippen molar-refractivity contribution in [2.75, 3.05) is 13.2 Å². The third-order valence-electron chi connectivity index (χ3n) is 9.34. The van der Waals surface area contributed by atoms with Crippen molar-refractivity contribution in [2.45, 2.75) is 82.8 Å². The lowest BCUT2D eigenvalue weighted by Gasteiger charge is -2.65. The lowest BCUT2D eigenvalue weighted by molar-refractivity contribution is -0.258. The highest BCUT2D eigenvalue weighted by atomic mass is 16.5. The number of fused-ring (bicyclic) bond motifs is 5. The van der Waals surface area contributed by atoms with E-state index in [0.29, 0.717) is 51.6 Å². The molecule has 0 spiro atoms. The number of aliphatic hydroxyl groups is 3. The zero-order chi connectivity index (χ0) is 20.4. The number of aliphatic hydroxyl groups excluding tert-OH is 1. The number of ketones is 1. The van der Waals surface area contributed by atoms with E-state index in [2.05, 4.69) is 0 Å². The average molecular weight is 395 g/mol. The van der Waals surface area contributed by atoms with Gasteiger partial charge in [0.1, 0.15) is 5.78 Å². The second kappa shape index (κ2) is 6.51. The predicted octanol–water partition coefficient (Wildman–Crippen LogP) is 1.98. The Morgan fingerprint density at radius 3 is 2.50 bits per heavy atom. The Kier molecular flexibility index (Phi) is 4.72. The van der Waals surface area contributed by atoms with E-state index in [4.69, 9.17) is 4.74 Å². The van der Waals surface area contributed by atoms with Gasteiger partial charge in [-0.1, -0.05) is 6.92 Å². The molecule has 4 saturated carbocycles. The van der Waals surface area contributed by atoms with Gasteiger partial charge in [0.15, 0.2) is 0 Å². The predicted molar refractivity (Wildman–Crippen MR) is 101 cm³/mol. The van der Waals surface area contributed by atoms with Crippen LogP contribution in [0.5, 0.6) is 0 Å². The van der Waals surface area contributed by atoms with Gasteiger partial charge < -0.3 is 20.1 Å². The Morgan fingerprint density at radius 1 is 1.11 bits per heavy atom. The van der Waals surface area contributed by atoms with Gasteiger partial charge in [-0.15, -0.1) is 0 Å². The molecular formula is C22H34O6. The van der Waals surface area contributed by atoms with Gasteiger partial charge in [-0.3, -0.25) is 9.59 Å². The number of carbonyl (C=O) groups is 2. The lowest BCUT2D eigenvalue weighted by atomic mass is 9.42. The first kappa shape index (κ1) is 20.3. The van der Waals surface area contributed by atoms with Crippen LogP contribution < -0.4 is 0 Å². The van der Waals surface area contributed by atoms with E-state index in [1.807, 2.05) is 6.92 Å². The Labute approximate surface area is 166 Å². The van der Waals surface area contributed by atoms with Crippen LogP contribution in [0.3, 0.4) is 0 Å². The Hall–Kier alpha value is -0.980. The van der Waals surface area contributed by atoms with Crippen molar-refractivity contribution in [2.24, 2.45) is 28.6 Å². The number of esters is 1. The Bertz CT molecular complexity index is 678. The molecule has 0 aromatic rings. The van der Waals surface area contributed by atoms with E-state index in [0.717, 1.165) is 6.42 Å². The van der Waals surface area contributed by atoms with Gasteiger partial charge in [0.2, 0.25) is 0 Å². The van der Waals surface area contributed by atoms with Crippen LogP contribution in [0.4, 0.5) is 0 Å². The molecule has 0 heterocycles. The largest absolute Gasteiger partial charge is 0.466 e. The normalized spacial score (nSPS) is 50.5. The van der Waals surface area contributed by atoms with E-state index >= 15 is 0 Å². The summed E-state index contributed by atoms with van der Waals surface area (Å²) in [6, 6.07) is 0. The van der Waals surface area contributed by atoms with Crippen molar-refractivity contribution < 1.29 is 29.6 Å². The van der Waals surface area contributed by atoms with Gasteiger partial charge >= 0.3 is 5.97 Å². The van der Waals surface area contributed by atoms with E-state index < -0.39 is 22.0 Å². The smallest absolute Gasteiger partial charge is 0.309 e. The minimum atomic E-state index is -1.18. The molecule has 6 heteroatoms. The summed E-state index contributed by atoms with van der Waals surface area (Å²) in [7, 11) is 0. The molecule has 4 aliphatic rings. The fourth-order valence-electron chi connectivity index (χ4n) is 7.77. The van der Waals surface area contributed by atoms with Gasteiger partial charge in [0, 0.05) is 23.7 Å². The summed E-state index contributed by atoms with van der Waals surface area (Å²) in [4.78, 5) is 24.7. The topological polar surface area (TPSA) is 104 Å². The molecule has 0 radical (unpaired) electrons. The molecule has 0 aromatic carbocycles. The first-order chi connectivity index (χ1) is 13.2. The second-order valence-corrected chi connectivity index (χ2v) is 10.0. The first-order valence-electron chi connectivity index (χ1n) is 10.9. The molecule has 0 saturated heterocycles. The van der Waals surface area contributed by atoms with Crippen LogP contribution in [0.1, 0.15) is 71.6 Å². The fraction of sp³-hybridized carbons (Fsp3) is 0.909. The summed E-state index contributed by atoms with van der Waals surface area (Å²) in [5.74, 6) is -0.577. The number of ether oxygens (including phenoxy) is 1. The van der Waals surface area contributed by atoms with Crippen LogP contribution in [0.25, 0.3) is 0 Å². The summed E-state index contributed by atoms with van der Waals surface area (Å²) >= 11 is 0. The standard InChI is InChI=1S/C22H34O6/c1-3-28-18(25)17-7-11-22(27)16-6-10-21(26)12-14(24)4-9-20(21,13-23)15(16)5-8-19(17,22)2/h15-17,23,26-27H,3-13H2,1-2H3/t15-,16+,17+,19+,20-,21-,22+/m0/s1. The highest BCUT2D eigenvalue weighted by Crippen LogP contribution is 2.69. The fourth-order valence-corrected chi connectivity index (χ4v) is 7.77. The minimum absolute atomic E-state index is 0.0385. The maximum atomic E-state index is 12.6. The molecule has 0 aliphatic heterocycles. The summed E-state index contributed by atoms with van der Waals surface area (Å²) in [5.41, 5.74) is -3.46. The molecule has 4 aliphatic carbocycles. The number of rotatable bonds is 3. The van der Waals surface area contributed by atoms with Crippen LogP contribution in [0, 0.1) is 28.6 Å². The molecule has 7 atom stereocenters. The third kappa shape index (κ3) is 2.37. The zero-order valence-electron chi connectivity index (χ0n) is 17.1. The number of carbonyl (C=O) groups excluding carboxylic acids is 2. The van der Waals surface area contributed by atoms with E-state index in [1.165, 1.54) is 0 Å². The van der Waals surface area contributed by atoms with Crippen molar-refractivity contribution in [3.63, 3.8) is 0 Å². The van der Waals surface area contributed by atoms with E-state index in [1.54, 1.807) is 6.92 Å². The monoisotopic (exact) mass is 394 g/mol. The summed E-state index contributed by atoms with van der Waals surface area (Å²) < 4.78 is 5.31. The minimum Gasteiger partial charge on any atom is -0.466 e. The highest BCUT2D eigenvalue weighted by Gasteiger charge is 2.71. The molecule has 3 N–H and O–H groups in total. The van der Waals surface area contributed by atoms with Crippen LogP contribution in [0.2, 0.25) is 0 Å². The van der Waals surface area contributed by atoms with Gasteiger partial charge in [0.25, 0.3) is 0 Å². The van der Waals surface area contributed by atoms with Crippen LogP contribution in [0.15, 0.2) is 0 Å².